The Kier molecular flexibility index (Phi) is 3.62. The maximum absolute atomic E-state index is 12.0. The van der Waals surface area contributed by atoms with E-state index in [-0.39, 0.29) is 13.9 Å². The molecular weight excluding hydrogens is 378 g/mol. The van der Waals surface area contributed by atoms with E-state index in [2.05, 4.69) is 25.7 Å². The first-order valence-corrected chi connectivity index (χ1v) is 5.25. The fourth-order valence-corrected chi connectivity index (χ4v) is 2.00. The normalized spacial score (nSPS) is 11.6. The molecule has 0 N–H and O–H groups in total. The van der Waals surface area contributed by atoms with Crippen LogP contribution in [0.3, 0.4) is 0 Å². The van der Waals surface area contributed by atoms with Crippen LogP contribution in [-0.4, -0.2) is 11.3 Å². The minimum absolute atomic E-state index is 0.164. The lowest BCUT2D eigenvalue weighted by atomic mass is 10.3. The van der Waals surface area contributed by atoms with Gasteiger partial charge in [0, 0.05) is 6.20 Å². The molecule has 0 fully saturated rings. The Morgan fingerprint density at radius 3 is 2.57 bits per heavy atom. The summed E-state index contributed by atoms with van der Waals surface area (Å²) < 4.78 is 40.1. The molecule has 78 valence electrons. The molecule has 0 saturated heterocycles. The van der Waals surface area contributed by atoms with Crippen molar-refractivity contribution in [3.63, 3.8) is 0 Å². The third kappa shape index (κ3) is 2.97. The molecule has 7 heteroatoms. The van der Waals surface area contributed by atoms with E-state index in [4.69, 9.17) is 0 Å². The van der Waals surface area contributed by atoms with Crippen LogP contribution >= 0.6 is 38.5 Å². The molecule has 0 aromatic carbocycles. The van der Waals surface area contributed by atoms with E-state index in [1.165, 1.54) is 6.20 Å². The number of nitrogens with zero attached hydrogens (tertiary/aromatic N) is 1. The van der Waals surface area contributed by atoms with Crippen molar-refractivity contribution in [3.8, 4) is 5.75 Å². The van der Waals surface area contributed by atoms with E-state index in [0.717, 1.165) is 0 Å². The van der Waals surface area contributed by atoms with Gasteiger partial charge in [-0.15, -0.1) is 13.2 Å². The largest absolute Gasteiger partial charge is 0.573 e. The molecule has 0 atom stereocenters. The highest BCUT2D eigenvalue weighted by Gasteiger charge is 2.33. The Bertz CT molecular complexity index is 356. The Morgan fingerprint density at radius 2 is 2.07 bits per heavy atom. The van der Waals surface area contributed by atoms with Gasteiger partial charge in [0.2, 0.25) is 0 Å². The van der Waals surface area contributed by atoms with Gasteiger partial charge in [-0.2, -0.15) is 0 Å². The molecule has 2 nitrogen and oxygen atoms in total. The van der Waals surface area contributed by atoms with Gasteiger partial charge in [0.1, 0.15) is 3.70 Å². The third-order valence-electron chi connectivity index (χ3n) is 1.32. The minimum atomic E-state index is -4.70. The first-order chi connectivity index (χ1) is 6.31. The number of aromatic nitrogens is 1. The van der Waals surface area contributed by atoms with Crippen LogP contribution in [0.5, 0.6) is 5.75 Å². The first kappa shape index (κ1) is 12.0. The van der Waals surface area contributed by atoms with Gasteiger partial charge < -0.3 is 4.74 Å². The monoisotopic (exact) mass is 381 g/mol. The number of hydrogen-bond acceptors (Lipinski definition) is 2. The summed E-state index contributed by atoms with van der Waals surface area (Å²) in [4.78, 5) is 3.76. The second-order valence-electron chi connectivity index (χ2n) is 2.42. The van der Waals surface area contributed by atoms with Crippen LogP contribution in [0.2, 0.25) is 0 Å². The predicted molar refractivity (Wildman–Crippen MR) is 56.1 cm³/mol. The van der Waals surface area contributed by atoms with Crippen molar-refractivity contribution in [2.45, 2.75) is 13.3 Å². The van der Waals surface area contributed by atoms with Crippen molar-refractivity contribution < 1.29 is 17.9 Å². The van der Waals surface area contributed by atoms with E-state index in [1.807, 2.05) is 0 Å². The van der Waals surface area contributed by atoms with Crippen molar-refractivity contribution in [1.82, 2.24) is 4.98 Å². The van der Waals surface area contributed by atoms with E-state index < -0.39 is 6.36 Å². The van der Waals surface area contributed by atoms with Crippen LogP contribution in [0.1, 0.15) is 5.56 Å². The van der Waals surface area contributed by atoms with Gasteiger partial charge in [-0.1, -0.05) is 0 Å². The minimum Gasteiger partial charge on any atom is -0.402 e. The molecule has 14 heavy (non-hydrogen) atoms. The van der Waals surface area contributed by atoms with Crippen molar-refractivity contribution >= 4 is 38.5 Å². The lowest BCUT2D eigenvalue weighted by molar-refractivity contribution is -0.275. The van der Waals surface area contributed by atoms with E-state index in [9.17, 15) is 13.2 Å². The van der Waals surface area contributed by atoms with Crippen LogP contribution in [-0.2, 0) is 0 Å². The number of pyridine rings is 1. The summed E-state index contributed by atoms with van der Waals surface area (Å²) in [6.45, 7) is 1.64. The van der Waals surface area contributed by atoms with Crippen molar-refractivity contribution in [2.75, 3.05) is 0 Å². The van der Waals surface area contributed by atoms with Crippen LogP contribution in [0, 0.1) is 10.6 Å². The Labute approximate surface area is 100 Å². The fraction of sp³-hybridized carbons (Fsp3) is 0.286. The van der Waals surface area contributed by atoms with Gasteiger partial charge >= 0.3 is 6.36 Å². The first-order valence-electron chi connectivity index (χ1n) is 3.37. The number of rotatable bonds is 1. The van der Waals surface area contributed by atoms with Crippen molar-refractivity contribution in [2.24, 2.45) is 0 Å². The molecule has 1 aromatic rings. The maximum Gasteiger partial charge on any atom is 0.573 e. The van der Waals surface area contributed by atoms with Crippen LogP contribution in [0.15, 0.2) is 10.7 Å². The molecule has 0 spiro atoms. The van der Waals surface area contributed by atoms with Crippen molar-refractivity contribution in [1.29, 1.82) is 0 Å². The zero-order valence-electron chi connectivity index (χ0n) is 6.82. The summed E-state index contributed by atoms with van der Waals surface area (Å²) in [5, 5.41) is 0. The molecular formula is C7H4BrF3INO. The Hall–Kier alpha value is -0.0500. The average molecular weight is 382 g/mol. The number of aryl methyl sites for hydroxylation is 1. The molecule has 0 bridgehead atoms. The van der Waals surface area contributed by atoms with Gasteiger partial charge in [-0.3, -0.25) is 0 Å². The smallest absolute Gasteiger partial charge is 0.402 e. The highest BCUT2D eigenvalue weighted by atomic mass is 127. The molecule has 0 aliphatic heterocycles. The summed E-state index contributed by atoms with van der Waals surface area (Å²) in [6, 6.07) is 0. The number of ether oxygens (including phenoxy) is 1. The molecule has 0 aliphatic carbocycles. The zero-order valence-corrected chi connectivity index (χ0v) is 10.6. The SMILES string of the molecule is Cc1cnc(I)c(OC(F)(F)F)c1Br. The fourth-order valence-electron chi connectivity index (χ4n) is 0.741. The lowest BCUT2D eigenvalue weighted by Gasteiger charge is -2.12. The predicted octanol–water partition coefficient (Wildman–Crippen LogP) is 3.66. The molecule has 0 saturated carbocycles. The summed E-state index contributed by atoms with van der Waals surface area (Å²) >= 11 is 4.69. The van der Waals surface area contributed by atoms with Crippen LogP contribution in [0.4, 0.5) is 13.2 Å². The quantitative estimate of drug-likeness (QED) is 0.547. The molecule has 1 aromatic heterocycles. The summed E-state index contributed by atoms with van der Waals surface area (Å²) in [5.41, 5.74) is 0.588. The number of hydrogen-bond donors (Lipinski definition) is 0. The number of alkyl halides is 3. The van der Waals surface area contributed by atoms with Crippen LogP contribution < -0.4 is 4.74 Å². The average Bonchev–Trinajstić information content (AvgIpc) is 2.04. The molecule has 0 aliphatic rings. The highest BCUT2D eigenvalue weighted by Crippen LogP contribution is 2.35. The van der Waals surface area contributed by atoms with E-state index in [1.54, 1.807) is 29.5 Å². The molecule has 1 heterocycles. The topological polar surface area (TPSA) is 22.1 Å². The second-order valence-corrected chi connectivity index (χ2v) is 4.24. The Morgan fingerprint density at radius 1 is 1.50 bits per heavy atom. The van der Waals surface area contributed by atoms with E-state index in [0.29, 0.717) is 5.56 Å². The summed E-state index contributed by atoms with van der Waals surface area (Å²) in [6.07, 6.45) is -3.23. The molecule has 0 unspecified atom stereocenters. The standard InChI is InChI=1S/C7H4BrF3INO/c1-3-2-13-6(12)5(4(3)8)14-7(9,10)11/h2H,1H3. The van der Waals surface area contributed by atoms with Gasteiger partial charge in [-0.25, -0.2) is 4.98 Å². The Balaban J connectivity index is 3.13. The molecule has 0 amide bonds. The molecule has 1 rings (SSSR count). The van der Waals surface area contributed by atoms with Gasteiger partial charge in [0.05, 0.1) is 4.47 Å². The zero-order chi connectivity index (χ0) is 10.9. The third-order valence-corrected chi connectivity index (χ3v) is 3.08. The van der Waals surface area contributed by atoms with Crippen LogP contribution in [0.25, 0.3) is 0 Å². The van der Waals surface area contributed by atoms with Gasteiger partial charge in [-0.05, 0) is 51.0 Å². The molecule has 0 radical (unpaired) electrons. The van der Waals surface area contributed by atoms with E-state index >= 15 is 0 Å². The maximum atomic E-state index is 12.0. The summed E-state index contributed by atoms with van der Waals surface area (Å²) in [5.74, 6) is -0.293. The van der Waals surface area contributed by atoms with Gasteiger partial charge in [0.15, 0.2) is 5.75 Å². The second kappa shape index (κ2) is 4.21. The lowest BCUT2D eigenvalue weighted by Crippen LogP contribution is -2.18. The summed E-state index contributed by atoms with van der Waals surface area (Å²) in [7, 11) is 0. The highest BCUT2D eigenvalue weighted by molar-refractivity contribution is 14.1. The van der Waals surface area contributed by atoms with Crippen molar-refractivity contribution in [3.05, 3.63) is 19.9 Å². The number of halogens is 5. The van der Waals surface area contributed by atoms with Gasteiger partial charge in [0.25, 0.3) is 0 Å².